The van der Waals surface area contributed by atoms with Crippen molar-refractivity contribution < 1.29 is 0 Å². The molecular weight excluding hydrogens is 192 g/mol. The Morgan fingerprint density at radius 3 is 2.25 bits per heavy atom. The summed E-state index contributed by atoms with van der Waals surface area (Å²) in [6.45, 7) is 14.2. The van der Waals surface area contributed by atoms with Crippen LogP contribution in [-0.2, 0) is 0 Å². The molecule has 0 aromatic carbocycles. The second-order valence-corrected chi connectivity index (χ2v) is 6.27. The first kappa shape index (κ1) is 13.8. The third-order valence-corrected chi connectivity index (χ3v) is 4.81. The smallest absolute Gasteiger partial charge is 0.000539 e. The Kier molecular flexibility index (Phi) is 5.08. The number of hydrogen-bond donors (Lipinski definition) is 0. The predicted octanol–water partition coefficient (Wildman–Crippen LogP) is 5.30. The topological polar surface area (TPSA) is 0 Å². The van der Waals surface area contributed by atoms with Crippen molar-refractivity contribution in [3.05, 3.63) is 11.6 Å². The maximum atomic E-state index is 2.50. The average molecular weight is 222 g/mol. The number of hydrogen-bond acceptors (Lipinski definition) is 0. The van der Waals surface area contributed by atoms with E-state index in [9.17, 15) is 0 Å². The van der Waals surface area contributed by atoms with Gasteiger partial charge in [-0.05, 0) is 36.5 Å². The van der Waals surface area contributed by atoms with Crippen LogP contribution in [0.4, 0.5) is 0 Å². The molecule has 0 bridgehead atoms. The maximum absolute atomic E-state index is 2.50. The highest BCUT2D eigenvalue weighted by Gasteiger charge is 2.29. The summed E-state index contributed by atoms with van der Waals surface area (Å²) in [5, 5.41) is 0. The van der Waals surface area contributed by atoms with E-state index in [2.05, 4.69) is 47.6 Å². The molecule has 0 nitrogen and oxygen atoms in total. The highest BCUT2D eigenvalue weighted by Crippen LogP contribution is 2.41. The fourth-order valence-corrected chi connectivity index (χ4v) is 2.53. The van der Waals surface area contributed by atoms with Gasteiger partial charge in [0.05, 0.1) is 0 Å². The average Bonchev–Trinajstić information content (AvgIpc) is 3.02. The molecule has 4 unspecified atom stereocenters. The molecule has 0 aromatic heterocycles. The van der Waals surface area contributed by atoms with Crippen LogP contribution in [0.5, 0.6) is 0 Å². The van der Waals surface area contributed by atoms with Gasteiger partial charge in [0.25, 0.3) is 0 Å². The summed E-state index contributed by atoms with van der Waals surface area (Å²) in [6, 6.07) is 0. The van der Waals surface area contributed by atoms with Crippen molar-refractivity contribution in [1.29, 1.82) is 0 Å². The normalized spacial score (nSPS) is 25.2. The molecule has 0 saturated heterocycles. The van der Waals surface area contributed by atoms with Crippen LogP contribution >= 0.6 is 0 Å². The van der Waals surface area contributed by atoms with Crippen LogP contribution in [0.15, 0.2) is 11.6 Å². The van der Waals surface area contributed by atoms with Gasteiger partial charge in [-0.3, -0.25) is 0 Å². The molecule has 16 heavy (non-hydrogen) atoms. The van der Waals surface area contributed by atoms with Crippen LogP contribution in [0.1, 0.15) is 60.8 Å². The van der Waals surface area contributed by atoms with Crippen molar-refractivity contribution in [2.75, 3.05) is 0 Å². The fraction of sp³-hybridized carbons (Fsp3) is 0.875. The Balaban J connectivity index is 2.20. The van der Waals surface area contributed by atoms with E-state index in [1.54, 1.807) is 5.57 Å². The fourth-order valence-electron chi connectivity index (χ4n) is 2.53. The molecule has 0 heterocycles. The lowest BCUT2D eigenvalue weighted by Gasteiger charge is -2.23. The summed E-state index contributed by atoms with van der Waals surface area (Å²) in [6.07, 6.45) is 6.56. The molecule has 0 aromatic rings. The second-order valence-electron chi connectivity index (χ2n) is 6.27. The van der Waals surface area contributed by atoms with Crippen LogP contribution in [0.3, 0.4) is 0 Å². The highest BCUT2D eigenvalue weighted by atomic mass is 14.3. The van der Waals surface area contributed by atoms with Crippen LogP contribution in [0.25, 0.3) is 0 Å². The van der Waals surface area contributed by atoms with Gasteiger partial charge in [-0.25, -0.2) is 0 Å². The van der Waals surface area contributed by atoms with Gasteiger partial charge >= 0.3 is 0 Å². The summed E-state index contributed by atoms with van der Waals surface area (Å²) in [7, 11) is 0. The zero-order valence-corrected chi connectivity index (χ0v) is 12.1. The molecule has 0 amide bonds. The molecule has 4 atom stereocenters. The van der Waals surface area contributed by atoms with Crippen LogP contribution in [-0.4, -0.2) is 0 Å². The van der Waals surface area contributed by atoms with Crippen molar-refractivity contribution in [3.63, 3.8) is 0 Å². The molecule has 0 radical (unpaired) electrons. The largest absolute Gasteiger partial charge is 0.0773 e. The highest BCUT2D eigenvalue weighted by molar-refractivity contribution is 5.30. The standard InChI is InChI=1S/C16H30/c1-7-12(4)16-10-15(16)9-8-13(5)14(6)11(2)3/h10-14,16H,7-9H2,1-6H3. The molecule has 0 fully saturated rings. The Morgan fingerprint density at radius 2 is 1.75 bits per heavy atom. The van der Waals surface area contributed by atoms with Crippen molar-refractivity contribution in [2.45, 2.75) is 60.8 Å². The third kappa shape index (κ3) is 3.64. The number of allylic oxidation sites excluding steroid dienone is 2. The molecule has 0 aliphatic heterocycles. The molecule has 0 saturated carbocycles. The van der Waals surface area contributed by atoms with E-state index in [1.165, 1.54) is 19.3 Å². The summed E-state index contributed by atoms with van der Waals surface area (Å²) in [4.78, 5) is 0. The minimum absolute atomic E-state index is 0.827. The van der Waals surface area contributed by atoms with Gasteiger partial charge in [0.1, 0.15) is 0 Å². The molecule has 0 N–H and O–H groups in total. The van der Waals surface area contributed by atoms with Gasteiger partial charge < -0.3 is 0 Å². The lowest BCUT2D eigenvalue weighted by Crippen LogP contribution is -2.14. The maximum Gasteiger partial charge on any atom is 0.000539 e. The lowest BCUT2D eigenvalue weighted by molar-refractivity contribution is 0.281. The Labute approximate surface area is 103 Å². The first-order valence-electron chi connectivity index (χ1n) is 7.17. The van der Waals surface area contributed by atoms with E-state index >= 15 is 0 Å². The first-order valence-corrected chi connectivity index (χ1v) is 7.17. The van der Waals surface area contributed by atoms with Gasteiger partial charge in [0, 0.05) is 5.92 Å². The lowest BCUT2D eigenvalue weighted by atomic mass is 9.83. The molecular formula is C16H30. The summed E-state index contributed by atoms with van der Waals surface area (Å²) in [5.41, 5.74) is 1.75. The third-order valence-electron chi connectivity index (χ3n) is 4.81. The summed E-state index contributed by atoms with van der Waals surface area (Å²) >= 11 is 0. The van der Waals surface area contributed by atoms with E-state index in [4.69, 9.17) is 0 Å². The zero-order valence-electron chi connectivity index (χ0n) is 12.1. The molecule has 94 valence electrons. The molecule has 0 heteroatoms. The van der Waals surface area contributed by atoms with E-state index < -0.39 is 0 Å². The van der Waals surface area contributed by atoms with Crippen molar-refractivity contribution >= 4 is 0 Å². The second kappa shape index (κ2) is 5.89. The van der Waals surface area contributed by atoms with Crippen LogP contribution < -0.4 is 0 Å². The SMILES string of the molecule is CCC(C)C1C=C1CCC(C)C(C)C(C)C. The molecule has 1 aliphatic carbocycles. The van der Waals surface area contributed by atoms with Crippen molar-refractivity contribution in [1.82, 2.24) is 0 Å². The van der Waals surface area contributed by atoms with E-state index in [0.29, 0.717) is 0 Å². The van der Waals surface area contributed by atoms with Gasteiger partial charge in [-0.15, -0.1) is 0 Å². The van der Waals surface area contributed by atoms with Gasteiger partial charge in [0.15, 0.2) is 0 Å². The van der Waals surface area contributed by atoms with Gasteiger partial charge in [-0.2, -0.15) is 0 Å². The van der Waals surface area contributed by atoms with E-state index in [1.807, 2.05) is 0 Å². The van der Waals surface area contributed by atoms with E-state index in [-0.39, 0.29) is 0 Å². The predicted molar refractivity (Wildman–Crippen MR) is 73.4 cm³/mol. The minimum Gasteiger partial charge on any atom is -0.0773 e. The van der Waals surface area contributed by atoms with Gasteiger partial charge in [-0.1, -0.05) is 59.6 Å². The van der Waals surface area contributed by atoms with Crippen LogP contribution in [0.2, 0.25) is 0 Å². The summed E-state index contributed by atoms with van der Waals surface area (Å²) < 4.78 is 0. The molecule has 0 spiro atoms. The minimum atomic E-state index is 0.827. The molecule has 1 rings (SSSR count). The first-order chi connectivity index (χ1) is 7.47. The van der Waals surface area contributed by atoms with Gasteiger partial charge in [0.2, 0.25) is 0 Å². The monoisotopic (exact) mass is 222 g/mol. The Morgan fingerprint density at radius 1 is 1.12 bits per heavy atom. The Bertz CT molecular complexity index is 236. The quantitative estimate of drug-likeness (QED) is 0.513. The number of rotatable bonds is 7. The zero-order chi connectivity index (χ0) is 12.3. The molecule has 1 aliphatic rings. The van der Waals surface area contributed by atoms with E-state index in [0.717, 1.165) is 29.6 Å². The summed E-state index contributed by atoms with van der Waals surface area (Å²) in [5.74, 6) is 4.31. The van der Waals surface area contributed by atoms with Crippen molar-refractivity contribution in [3.8, 4) is 0 Å². The van der Waals surface area contributed by atoms with Crippen molar-refractivity contribution in [2.24, 2.45) is 29.6 Å². The Hall–Kier alpha value is -0.260. The van der Waals surface area contributed by atoms with Crippen LogP contribution in [0, 0.1) is 29.6 Å².